The summed E-state index contributed by atoms with van der Waals surface area (Å²) in [6, 6.07) is -0.943. The van der Waals surface area contributed by atoms with Gasteiger partial charge in [-0.2, -0.15) is 0 Å². The van der Waals surface area contributed by atoms with Crippen molar-refractivity contribution >= 4 is 11.9 Å². The molecule has 2 rings (SSSR count). The smallest absolute Gasteiger partial charge is 0.362 e. The second-order valence-electron chi connectivity index (χ2n) is 5.84. The number of carbonyl (C=O) groups is 2. The Morgan fingerprint density at radius 1 is 1.14 bits per heavy atom. The third-order valence-electron chi connectivity index (χ3n) is 4.32. The number of aliphatic carboxylic acids is 2. The molecule has 2 heterocycles. The minimum absolute atomic E-state index is 0.0925. The maximum Gasteiger partial charge on any atom is 0.362 e. The molecule has 2 aliphatic rings. The molecule has 0 aromatic carbocycles. The summed E-state index contributed by atoms with van der Waals surface area (Å²) in [5.74, 6) is -1.56. The molecule has 0 bridgehead atoms. The predicted molar refractivity (Wildman–Crippen MR) is 78.6 cm³/mol. The molecule has 0 radical (unpaired) electrons. The van der Waals surface area contributed by atoms with Crippen molar-refractivity contribution in [3.8, 4) is 0 Å². The van der Waals surface area contributed by atoms with Crippen LogP contribution >= 0.6 is 0 Å². The SMILES string of the molecule is O=C(O)[C@@H]1CCCN1C/C(O)=C/C=C/[NH+]1CCC[C@H]1C(=O)O. The highest BCUT2D eigenvalue weighted by atomic mass is 16.4. The van der Waals surface area contributed by atoms with Crippen LogP contribution in [0.4, 0.5) is 0 Å². The van der Waals surface area contributed by atoms with Crippen LogP contribution in [0, 0.1) is 0 Å². The number of aliphatic hydroxyl groups is 1. The maximum atomic E-state index is 11.1. The molecule has 0 saturated carbocycles. The van der Waals surface area contributed by atoms with Crippen molar-refractivity contribution in [1.82, 2.24) is 4.90 Å². The van der Waals surface area contributed by atoms with E-state index < -0.39 is 24.0 Å². The molecular weight excluding hydrogens is 288 g/mol. The number of carboxylic acids is 2. The van der Waals surface area contributed by atoms with E-state index in [0.717, 1.165) is 24.3 Å². The van der Waals surface area contributed by atoms with Crippen LogP contribution in [0.2, 0.25) is 0 Å². The van der Waals surface area contributed by atoms with Crippen molar-refractivity contribution < 1.29 is 29.8 Å². The number of nitrogens with one attached hydrogen (secondary N) is 1. The normalized spacial score (nSPS) is 30.2. The van der Waals surface area contributed by atoms with Crippen molar-refractivity contribution in [2.24, 2.45) is 0 Å². The van der Waals surface area contributed by atoms with Gasteiger partial charge in [0.15, 0.2) is 6.04 Å². The summed E-state index contributed by atoms with van der Waals surface area (Å²) in [7, 11) is 0. The number of nitrogens with zero attached hydrogens (tertiary/aromatic N) is 1. The summed E-state index contributed by atoms with van der Waals surface area (Å²) >= 11 is 0. The lowest BCUT2D eigenvalue weighted by Crippen LogP contribution is -3.10. The van der Waals surface area contributed by atoms with Gasteiger partial charge in [0.2, 0.25) is 0 Å². The van der Waals surface area contributed by atoms with Crippen LogP contribution in [0.1, 0.15) is 25.7 Å². The number of carboxylic acid groups (broad SMARTS) is 2. The van der Waals surface area contributed by atoms with Gasteiger partial charge in [-0.25, -0.2) is 4.79 Å². The topological polar surface area (TPSA) is 103 Å². The summed E-state index contributed by atoms with van der Waals surface area (Å²) in [5.41, 5.74) is 0. The van der Waals surface area contributed by atoms with Crippen LogP contribution in [-0.2, 0) is 9.59 Å². The monoisotopic (exact) mass is 311 g/mol. The van der Waals surface area contributed by atoms with Crippen LogP contribution in [0.3, 0.4) is 0 Å². The van der Waals surface area contributed by atoms with Gasteiger partial charge in [-0.15, -0.1) is 0 Å². The Labute approximate surface area is 129 Å². The molecular formula is C15H23N2O5+. The summed E-state index contributed by atoms with van der Waals surface area (Å²) in [4.78, 5) is 24.7. The quantitative estimate of drug-likeness (QED) is 0.394. The van der Waals surface area contributed by atoms with E-state index in [1.807, 2.05) is 0 Å². The molecule has 22 heavy (non-hydrogen) atoms. The Morgan fingerprint density at radius 3 is 2.59 bits per heavy atom. The van der Waals surface area contributed by atoms with Gasteiger partial charge in [0.1, 0.15) is 11.8 Å². The molecule has 7 nitrogen and oxygen atoms in total. The van der Waals surface area contributed by atoms with E-state index in [-0.39, 0.29) is 12.3 Å². The number of allylic oxidation sites excluding steroid dienone is 2. The molecule has 4 N–H and O–H groups in total. The molecule has 1 unspecified atom stereocenters. The van der Waals surface area contributed by atoms with Crippen molar-refractivity contribution in [2.45, 2.75) is 37.8 Å². The highest BCUT2D eigenvalue weighted by Gasteiger charge is 2.33. The number of hydrogen-bond acceptors (Lipinski definition) is 4. The highest BCUT2D eigenvalue weighted by molar-refractivity contribution is 5.73. The fourth-order valence-electron chi connectivity index (χ4n) is 3.19. The highest BCUT2D eigenvalue weighted by Crippen LogP contribution is 2.18. The minimum Gasteiger partial charge on any atom is -0.511 e. The zero-order chi connectivity index (χ0) is 16.1. The fraction of sp³-hybridized carbons (Fsp3) is 0.600. The summed E-state index contributed by atoms with van der Waals surface area (Å²) in [6.45, 7) is 1.64. The number of aliphatic hydroxyl groups excluding tert-OH is 1. The number of hydrogen-bond donors (Lipinski definition) is 4. The number of likely N-dealkylation sites (tertiary alicyclic amines) is 2. The van der Waals surface area contributed by atoms with Crippen LogP contribution in [0.5, 0.6) is 0 Å². The Balaban J connectivity index is 1.88. The van der Waals surface area contributed by atoms with Gasteiger partial charge in [-0.1, -0.05) is 0 Å². The average Bonchev–Trinajstić information content (AvgIpc) is 3.07. The third-order valence-corrected chi connectivity index (χ3v) is 4.32. The second kappa shape index (κ2) is 7.42. The lowest BCUT2D eigenvalue weighted by molar-refractivity contribution is -0.850. The summed E-state index contributed by atoms with van der Waals surface area (Å²) < 4.78 is 0. The molecule has 3 atom stereocenters. The molecule has 0 spiro atoms. The third kappa shape index (κ3) is 4.08. The van der Waals surface area contributed by atoms with E-state index >= 15 is 0 Å². The van der Waals surface area contributed by atoms with E-state index in [1.54, 1.807) is 17.2 Å². The van der Waals surface area contributed by atoms with Crippen molar-refractivity contribution in [3.63, 3.8) is 0 Å². The zero-order valence-electron chi connectivity index (χ0n) is 12.4. The summed E-state index contributed by atoms with van der Waals surface area (Å²) in [6.07, 6.45) is 7.88. The molecule has 0 aromatic rings. The molecule has 0 aromatic heterocycles. The Morgan fingerprint density at radius 2 is 1.91 bits per heavy atom. The van der Waals surface area contributed by atoms with Crippen molar-refractivity contribution in [2.75, 3.05) is 19.6 Å². The largest absolute Gasteiger partial charge is 0.511 e. The summed E-state index contributed by atoms with van der Waals surface area (Å²) in [5, 5.41) is 28.1. The van der Waals surface area contributed by atoms with Crippen molar-refractivity contribution in [3.05, 3.63) is 24.1 Å². The molecule has 2 fully saturated rings. The standard InChI is InChI=1S/C15H22N2O5/c18-11(10-17-9-3-6-13(17)15(21)22)4-1-7-16-8-2-5-12(16)14(19)20/h1,4,7,12-13,18H,2-3,5-6,8-10H2,(H,19,20)(H,21,22)/p+1/b7-1+,11-4-/t12-,13-/m0/s1. The lowest BCUT2D eigenvalue weighted by Gasteiger charge is -2.20. The van der Waals surface area contributed by atoms with E-state index in [9.17, 15) is 14.7 Å². The van der Waals surface area contributed by atoms with E-state index in [2.05, 4.69) is 0 Å². The van der Waals surface area contributed by atoms with E-state index in [4.69, 9.17) is 10.2 Å². The molecule has 7 heteroatoms. The van der Waals surface area contributed by atoms with Crippen LogP contribution < -0.4 is 4.90 Å². The van der Waals surface area contributed by atoms with Gasteiger partial charge < -0.3 is 15.3 Å². The first-order valence-electron chi connectivity index (χ1n) is 7.60. The Bertz CT molecular complexity index is 488. The van der Waals surface area contributed by atoms with Crippen LogP contribution in [0.15, 0.2) is 24.1 Å². The van der Waals surface area contributed by atoms with Gasteiger partial charge in [-0.3, -0.25) is 14.6 Å². The minimum atomic E-state index is -0.855. The van der Waals surface area contributed by atoms with Gasteiger partial charge >= 0.3 is 11.9 Å². The Hall–Kier alpha value is -1.86. The maximum absolute atomic E-state index is 11.1. The van der Waals surface area contributed by atoms with Crippen molar-refractivity contribution in [1.29, 1.82) is 0 Å². The second-order valence-corrected chi connectivity index (χ2v) is 5.84. The number of rotatable bonds is 6. The van der Waals surface area contributed by atoms with Gasteiger partial charge in [0.25, 0.3) is 0 Å². The van der Waals surface area contributed by atoms with E-state index in [0.29, 0.717) is 19.4 Å². The molecule has 2 aliphatic heterocycles. The predicted octanol–water partition coefficient (Wildman–Crippen LogP) is -0.377. The lowest BCUT2D eigenvalue weighted by atomic mass is 10.2. The van der Waals surface area contributed by atoms with E-state index in [1.165, 1.54) is 6.08 Å². The van der Waals surface area contributed by atoms with Gasteiger partial charge in [0, 0.05) is 12.8 Å². The molecule has 122 valence electrons. The molecule has 2 saturated heterocycles. The number of quaternary nitrogens is 1. The molecule has 0 amide bonds. The fourth-order valence-corrected chi connectivity index (χ4v) is 3.19. The average molecular weight is 311 g/mol. The first kappa shape index (κ1) is 16.5. The molecule has 0 aliphatic carbocycles. The first-order valence-corrected chi connectivity index (χ1v) is 7.60. The first-order chi connectivity index (χ1) is 10.5. The van der Waals surface area contributed by atoms with Crippen LogP contribution in [0.25, 0.3) is 0 Å². The van der Waals surface area contributed by atoms with Gasteiger partial charge in [0.05, 0.1) is 19.3 Å². The Kier molecular flexibility index (Phi) is 5.57. The van der Waals surface area contributed by atoms with Gasteiger partial charge in [-0.05, 0) is 31.5 Å². The zero-order valence-corrected chi connectivity index (χ0v) is 12.4. The van der Waals surface area contributed by atoms with Crippen LogP contribution in [-0.4, -0.2) is 63.9 Å².